The van der Waals surface area contributed by atoms with Crippen LogP contribution in [0.5, 0.6) is 0 Å². The highest BCUT2D eigenvalue weighted by atomic mass is 32.1. The summed E-state index contributed by atoms with van der Waals surface area (Å²) in [5.74, 6) is 0. The molecule has 1 nitrogen and oxygen atoms in total. The lowest BCUT2D eigenvalue weighted by molar-refractivity contribution is 0.536. The van der Waals surface area contributed by atoms with Crippen LogP contribution in [-0.4, -0.2) is 6.54 Å². The summed E-state index contributed by atoms with van der Waals surface area (Å²) in [5.41, 5.74) is 1.44. The van der Waals surface area contributed by atoms with Crippen molar-refractivity contribution in [3.8, 4) is 0 Å². The van der Waals surface area contributed by atoms with Crippen LogP contribution in [0.1, 0.15) is 29.8 Å². The SMILES string of the molecule is CCCNC(Cc1cccs1)c1cccc2ccsc12. The van der Waals surface area contributed by atoms with E-state index in [9.17, 15) is 0 Å². The molecule has 3 aromatic rings. The highest BCUT2D eigenvalue weighted by Crippen LogP contribution is 2.31. The summed E-state index contributed by atoms with van der Waals surface area (Å²) in [5, 5.41) is 9.44. The van der Waals surface area contributed by atoms with Gasteiger partial charge in [-0.25, -0.2) is 0 Å². The van der Waals surface area contributed by atoms with E-state index in [1.165, 1.54) is 26.9 Å². The van der Waals surface area contributed by atoms with Gasteiger partial charge in [0.1, 0.15) is 0 Å². The van der Waals surface area contributed by atoms with E-state index in [1.54, 1.807) is 0 Å². The summed E-state index contributed by atoms with van der Waals surface area (Å²) in [7, 11) is 0. The largest absolute Gasteiger partial charge is 0.310 e. The van der Waals surface area contributed by atoms with Crippen molar-refractivity contribution in [3.05, 3.63) is 57.6 Å². The predicted molar refractivity (Wildman–Crippen MR) is 90.9 cm³/mol. The third-order valence-electron chi connectivity index (χ3n) is 3.51. The van der Waals surface area contributed by atoms with Crippen LogP contribution in [0.2, 0.25) is 0 Å². The highest BCUT2D eigenvalue weighted by molar-refractivity contribution is 7.17. The summed E-state index contributed by atoms with van der Waals surface area (Å²) < 4.78 is 1.43. The molecule has 0 saturated heterocycles. The van der Waals surface area contributed by atoms with Gasteiger partial charge in [0.15, 0.2) is 0 Å². The summed E-state index contributed by atoms with van der Waals surface area (Å²) in [6, 6.07) is 13.7. The molecule has 0 bridgehead atoms. The molecule has 0 fully saturated rings. The summed E-state index contributed by atoms with van der Waals surface area (Å²) in [4.78, 5) is 1.45. The number of benzene rings is 1. The van der Waals surface area contributed by atoms with E-state index in [2.05, 4.69) is 59.4 Å². The molecule has 0 saturated carbocycles. The Morgan fingerprint density at radius 1 is 1.05 bits per heavy atom. The summed E-state index contributed by atoms with van der Waals surface area (Å²) in [6.07, 6.45) is 2.25. The van der Waals surface area contributed by atoms with Gasteiger partial charge >= 0.3 is 0 Å². The molecular formula is C17H19NS2. The highest BCUT2D eigenvalue weighted by Gasteiger charge is 2.15. The molecule has 0 aliphatic carbocycles. The Balaban J connectivity index is 1.93. The van der Waals surface area contributed by atoms with Gasteiger partial charge in [-0.3, -0.25) is 0 Å². The zero-order chi connectivity index (χ0) is 13.8. The van der Waals surface area contributed by atoms with Crippen molar-refractivity contribution in [3.63, 3.8) is 0 Å². The minimum absolute atomic E-state index is 0.413. The van der Waals surface area contributed by atoms with Crippen LogP contribution in [0.3, 0.4) is 0 Å². The Bertz CT molecular complexity index is 655. The molecule has 3 heteroatoms. The lowest BCUT2D eigenvalue weighted by Crippen LogP contribution is -2.23. The van der Waals surface area contributed by atoms with E-state index in [0.717, 1.165) is 13.0 Å². The van der Waals surface area contributed by atoms with Gasteiger partial charge in [0.25, 0.3) is 0 Å². The zero-order valence-corrected chi connectivity index (χ0v) is 13.3. The van der Waals surface area contributed by atoms with E-state index in [0.29, 0.717) is 6.04 Å². The van der Waals surface area contributed by atoms with Crippen LogP contribution in [-0.2, 0) is 6.42 Å². The first-order valence-electron chi connectivity index (χ1n) is 7.10. The minimum Gasteiger partial charge on any atom is -0.310 e. The van der Waals surface area contributed by atoms with Crippen molar-refractivity contribution >= 4 is 32.8 Å². The Morgan fingerprint density at radius 3 is 2.80 bits per heavy atom. The number of thiophene rings is 2. The van der Waals surface area contributed by atoms with Crippen LogP contribution in [0.25, 0.3) is 10.1 Å². The van der Waals surface area contributed by atoms with Crippen molar-refractivity contribution in [1.29, 1.82) is 0 Å². The third kappa shape index (κ3) is 2.95. The Morgan fingerprint density at radius 2 is 2.00 bits per heavy atom. The van der Waals surface area contributed by atoms with Crippen molar-refractivity contribution in [2.24, 2.45) is 0 Å². The smallest absolute Gasteiger partial charge is 0.0390 e. The monoisotopic (exact) mass is 301 g/mol. The molecule has 1 aromatic carbocycles. The first-order valence-corrected chi connectivity index (χ1v) is 8.86. The van der Waals surface area contributed by atoms with Crippen molar-refractivity contribution in [2.45, 2.75) is 25.8 Å². The molecule has 2 heterocycles. The van der Waals surface area contributed by atoms with Gasteiger partial charge in [-0.2, -0.15) is 0 Å². The fraction of sp³-hybridized carbons (Fsp3) is 0.294. The van der Waals surface area contributed by atoms with Gasteiger partial charge in [-0.15, -0.1) is 22.7 Å². The second kappa shape index (κ2) is 6.53. The van der Waals surface area contributed by atoms with Crippen LogP contribution >= 0.6 is 22.7 Å². The molecule has 0 spiro atoms. The van der Waals surface area contributed by atoms with E-state index in [4.69, 9.17) is 0 Å². The minimum atomic E-state index is 0.413. The first kappa shape index (κ1) is 13.8. The van der Waals surface area contributed by atoms with Gasteiger partial charge in [0.05, 0.1) is 0 Å². The molecule has 0 amide bonds. The third-order valence-corrected chi connectivity index (χ3v) is 5.39. The van der Waals surface area contributed by atoms with Crippen LogP contribution < -0.4 is 5.32 Å². The molecule has 1 atom stereocenters. The van der Waals surface area contributed by atoms with Crippen LogP contribution in [0, 0.1) is 0 Å². The summed E-state index contributed by atoms with van der Waals surface area (Å²) in [6.45, 7) is 3.29. The van der Waals surface area contributed by atoms with Gasteiger partial charge in [-0.05, 0) is 46.8 Å². The lowest BCUT2D eigenvalue weighted by Gasteiger charge is -2.19. The fourth-order valence-corrected chi connectivity index (χ4v) is 4.25. The average Bonchev–Trinajstić information content (AvgIpc) is 3.13. The first-order chi connectivity index (χ1) is 9.88. The van der Waals surface area contributed by atoms with Gasteiger partial charge in [0.2, 0.25) is 0 Å². The Hall–Kier alpha value is -1.16. The van der Waals surface area contributed by atoms with Crippen molar-refractivity contribution < 1.29 is 0 Å². The maximum atomic E-state index is 3.72. The Labute approximate surface area is 128 Å². The van der Waals surface area contributed by atoms with Gasteiger partial charge in [-0.1, -0.05) is 31.2 Å². The quantitative estimate of drug-likeness (QED) is 0.656. The van der Waals surface area contributed by atoms with E-state index >= 15 is 0 Å². The van der Waals surface area contributed by atoms with E-state index < -0.39 is 0 Å². The number of hydrogen-bond acceptors (Lipinski definition) is 3. The molecule has 104 valence electrons. The molecule has 0 radical (unpaired) electrons. The molecule has 0 aliphatic rings. The van der Waals surface area contributed by atoms with E-state index in [1.807, 2.05) is 22.7 Å². The van der Waals surface area contributed by atoms with Crippen molar-refractivity contribution in [1.82, 2.24) is 5.32 Å². The van der Waals surface area contributed by atoms with E-state index in [-0.39, 0.29) is 0 Å². The number of hydrogen-bond donors (Lipinski definition) is 1. The maximum absolute atomic E-state index is 3.72. The number of nitrogens with one attached hydrogen (secondary N) is 1. The molecule has 1 N–H and O–H groups in total. The summed E-state index contributed by atoms with van der Waals surface area (Å²) >= 11 is 3.70. The van der Waals surface area contributed by atoms with Crippen LogP contribution in [0.15, 0.2) is 47.2 Å². The Kier molecular flexibility index (Phi) is 4.51. The topological polar surface area (TPSA) is 12.0 Å². The number of fused-ring (bicyclic) bond motifs is 1. The zero-order valence-electron chi connectivity index (χ0n) is 11.6. The normalized spacial score (nSPS) is 12.8. The number of rotatable bonds is 6. The maximum Gasteiger partial charge on any atom is 0.0390 e. The second-order valence-electron chi connectivity index (χ2n) is 4.98. The molecule has 0 aliphatic heterocycles. The molecule has 1 unspecified atom stereocenters. The molecule has 3 rings (SSSR count). The molecule has 2 aromatic heterocycles. The van der Waals surface area contributed by atoms with Gasteiger partial charge < -0.3 is 5.32 Å². The van der Waals surface area contributed by atoms with Crippen molar-refractivity contribution in [2.75, 3.05) is 6.54 Å². The molecule has 20 heavy (non-hydrogen) atoms. The lowest BCUT2D eigenvalue weighted by atomic mass is 10.0. The van der Waals surface area contributed by atoms with Crippen LogP contribution in [0.4, 0.5) is 0 Å². The second-order valence-corrected chi connectivity index (χ2v) is 6.92. The predicted octanol–water partition coefficient (Wildman–Crippen LogP) is 5.25. The molecular weight excluding hydrogens is 282 g/mol. The standard InChI is InChI=1S/C17H19NS2/c1-2-9-18-16(12-14-6-4-10-19-14)15-7-3-5-13-8-11-20-17(13)15/h3-8,10-11,16,18H,2,9,12H2,1H3. The average molecular weight is 301 g/mol. The fourth-order valence-electron chi connectivity index (χ4n) is 2.53. The van der Waals surface area contributed by atoms with Gasteiger partial charge in [0, 0.05) is 22.0 Å².